The fraction of sp³-hybridized carbons (Fsp3) is 0. The Balaban J connectivity index is 3.02. The summed E-state index contributed by atoms with van der Waals surface area (Å²) in [6.07, 6.45) is 1.15. The zero-order valence-electron chi connectivity index (χ0n) is 4.80. The van der Waals surface area contributed by atoms with Gasteiger partial charge in [0.1, 0.15) is 12.3 Å². The second-order valence-electron chi connectivity index (χ2n) is 1.59. The Labute approximate surface area is 61.8 Å². The van der Waals surface area contributed by atoms with Crippen LogP contribution in [0.5, 0.6) is 0 Å². The van der Waals surface area contributed by atoms with Gasteiger partial charge in [0.2, 0.25) is 5.76 Å². The van der Waals surface area contributed by atoms with Crippen molar-refractivity contribution in [2.45, 2.75) is 0 Å². The van der Waals surface area contributed by atoms with E-state index in [9.17, 15) is 4.79 Å². The van der Waals surface area contributed by atoms with E-state index in [0.29, 0.717) is 0 Å². The van der Waals surface area contributed by atoms with E-state index in [4.69, 9.17) is 16.9 Å². The summed E-state index contributed by atoms with van der Waals surface area (Å²) in [7, 11) is 0. The molecule has 0 aliphatic carbocycles. The third kappa shape index (κ3) is 1.17. The first-order valence-corrected chi connectivity index (χ1v) is 2.80. The first kappa shape index (κ1) is 6.84. The van der Waals surface area contributed by atoms with Crippen molar-refractivity contribution in [3.05, 3.63) is 23.7 Å². The van der Waals surface area contributed by atoms with E-state index in [1.165, 1.54) is 6.07 Å². The molecular formula is C6H2ClNO2. The molecule has 0 fully saturated rings. The van der Waals surface area contributed by atoms with Crippen LogP contribution in [0.1, 0.15) is 16.1 Å². The maximum atomic E-state index is 10.4. The molecule has 0 aliphatic rings. The van der Waals surface area contributed by atoms with Crippen molar-refractivity contribution in [2.24, 2.45) is 0 Å². The molecule has 1 rings (SSSR count). The van der Waals surface area contributed by atoms with Gasteiger partial charge in [0.15, 0.2) is 0 Å². The summed E-state index contributed by atoms with van der Waals surface area (Å²) in [6, 6.07) is 3.01. The van der Waals surface area contributed by atoms with E-state index in [0.717, 1.165) is 6.26 Å². The van der Waals surface area contributed by atoms with Gasteiger partial charge < -0.3 is 4.42 Å². The van der Waals surface area contributed by atoms with Gasteiger partial charge in [0.25, 0.3) is 5.24 Å². The van der Waals surface area contributed by atoms with Gasteiger partial charge in [0.05, 0.1) is 5.56 Å². The van der Waals surface area contributed by atoms with Gasteiger partial charge >= 0.3 is 0 Å². The van der Waals surface area contributed by atoms with E-state index >= 15 is 0 Å². The Morgan fingerprint density at radius 2 is 2.50 bits per heavy atom. The maximum absolute atomic E-state index is 10.4. The number of halogens is 1. The lowest BCUT2D eigenvalue weighted by Gasteiger charge is -1.75. The lowest BCUT2D eigenvalue weighted by atomic mass is 10.3. The lowest BCUT2D eigenvalue weighted by Crippen LogP contribution is -1.81. The molecule has 0 N–H and O–H groups in total. The molecule has 0 aromatic carbocycles. The fourth-order valence-corrected chi connectivity index (χ4v) is 0.597. The highest BCUT2D eigenvalue weighted by molar-refractivity contribution is 6.67. The minimum Gasteiger partial charge on any atom is -0.453 e. The van der Waals surface area contributed by atoms with Crippen molar-refractivity contribution in [1.82, 2.24) is 0 Å². The van der Waals surface area contributed by atoms with Crippen LogP contribution in [0.25, 0.3) is 0 Å². The Hall–Kier alpha value is -1.27. The number of rotatable bonds is 1. The summed E-state index contributed by atoms with van der Waals surface area (Å²) in [4.78, 5) is 10.4. The van der Waals surface area contributed by atoms with Crippen LogP contribution in [-0.2, 0) is 0 Å². The van der Waals surface area contributed by atoms with Gasteiger partial charge in [-0.15, -0.1) is 0 Å². The molecule has 0 atom stereocenters. The Kier molecular flexibility index (Phi) is 1.74. The number of carbonyl (C=O) groups excluding carboxylic acids is 1. The van der Waals surface area contributed by atoms with E-state index < -0.39 is 5.24 Å². The van der Waals surface area contributed by atoms with E-state index in [1.807, 2.05) is 0 Å². The molecule has 0 unspecified atom stereocenters. The van der Waals surface area contributed by atoms with Crippen LogP contribution < -0.4 is 0 Å². The summed E-state index contributed by atoms with van der Waals surface area (Å²) in [5.74, 6) is 0.0870. The van der Waals surface area contributed by atoms with Gasteiger partial charge in [-0.2, -0.15) is 5.26 Å². The van der Waals surface area contributed by atoms with Crippen molar-refractivity contribution in [1.29, 1.82) is 5.26 Å². The monoisotopic (exact) mass is 155 g/mol. The van der Waals surface area contributed by atoms with Crippen molar-refractivity contribution in [2.75, 3.05) is 0 Å². The highest BCUT2D eigenvalue weighted by Crippen LogP contribution is 2.08. The van der Waals surface area contributed by atoms with Gasteiger partial charge in [-0.1, -0.05) is 0 Å². The normalized spacial score (nSPS) is 8.80. The highest BCUT2D eigenvalue weighted by atomic mass is 35.5. The molecule has 10 heavy (non-hydrogen) atoms. The Bertz CT molecular complexity index is 297. The molecule has 0 bridgehead atoms. The summed E-state index contributed by atoms with van der Waals surface area (Å²) >= 11 is 5.07. The van der Waals surface area contributed by atoms with Crippen LogP contribution >= 0.6 is 11.6 Å². The molecule has 1 aromatic heterocycles. The maximum Gasteiger partial charge on any atom is 0.255 e. The van der Waals surface area contributed by atoms with Crippen LogP contribution in [0.4, 0.5) is 0 Å². The first-order valence-electron chi connectivity index (χ1n) is 2.42. The summed E-state index contributed by atoms with van der Waals surface area (Å²) in [5, 5.41) is 7.61. The minimum atomic E-state index is -0.620. The second kappa shape index (κ2) is 2.54. The lowest BCUT2D eigenvalue weighted by molar-refractivity contribution is 0.108. The summed E-state index contributed by atoms with van der Waals surface area (Å²) in [5.41, 5.74) is 0.207. The van der Waals surface area contributed by atoms with Crippen molar-refractivity contribution < 1.29 is 9.21 Å². The van der Waals surface area contributed by atoms with Crippen LogP contribution in [0, 0.1) is 11.3 Å². The average Bonchev–Trinajstić information content (AvgIpc) is 2.34. The van der Waals surface area contributed by atoms with E-state index in [-0.39, 0.29) is 11.3 Å². The van der Waals surface area contributed by atoms with E-state index in [2.05, 4.69) is 4.42 Å². The van der Waals surface area contributed by atoms with E-state index in [1.54, 1.807) is 6.07 Å². The number of furan rings is 1. The Morgan fingerprint density at radius 3 is 2.80 bits per heavy atom. The van der Waals surface area contributed by atoms with Crippen LogP contribution in [-0.4, -0.2) is 5.24 Å². The van der Waals surface area contributed by atoms with Crippen LogP contribution in [0.2, 0.25) is 0 Å². The standard InChI is InChI=1S/C6H2ClNO2/c7-6(9)4-1-5(2-8)10-3-4/h1,3H. The van der Waals surface area contributed by atoms with Crippen LogP contribution in [0.3, 0.4) is 0 Å². The predicted octanol–water partition coefficient (Wildman–Crippen LogP) is 1.53. The van der Waals surface area contributed by atoms with Crippen molar-refractivity contribution >= 4 is 16.8 Å². The number of nitrogens with zero attached hydrogens (tertiary/aromatic N) is 1. The molecule has 0 saturated heterocycles. The number of nitriles is 1. The SMILES string of the molecule is N#Cc1cc(C(=O)Cl)co1. The summed E-state index contributed by atoms with van der Waals surface area (Å²) in [6.45, 7) is 0. The second-order valence-corrected chi connectivity index (χ2v) is 1.93. The first-order chi connectivity index (χ1) is 4.74. The predicted molar refractivity (Wildman–Crippen MR) is 33.6 cm³/mol. The summed E-state index contributed by atoms with van der Waals surface area (Å²) < 4.78 is 4.61. The molecule has 1 heterocycles. The molecular weight excluding hydrogens is 154 g/mol. The average molecular weight is 156 g/mol. The van der Waals surface area contributed by atoms with Gasteiger partial charge in [0, 0.05) is 6.07 Å². The molecule has 0 spiro atoms. The number of hydrogen-bond acceptors (Lipinski definition) is 3. The zero-order valence-corrected chi connectivity index (χ0v) is 5.55. The highest BCUT2D eigenvalue weighted by Gasteiger charge is 2.05. The largest absolute Gasteiger partial charge is 0.453 e. The van der Waals surface area contributed by atoms with Crippen molar-refractivity contribution in [3.63, 3.8) is 0 Å². The molecule has 3 nitrogen and oxygen atoms in total. The molecule has 0 amide bonds. The number of hydrogen-bond donors (Lipinski definition) is 0. The van der Waals surface area contributed by atoms with Crippen molar-refractivity contribution in [3.8, 4) is 6.07 Å². The Morgan fingerprint density at radius 1 is 1.80 bits per heavy atom. The minimum absolute atomic E-state index is 0.0870. The third-order valence-corrected chi connectivity index (χ3v) is 1.15. The molecule has 4 heteroatoms. The molecule has 50 valence electrons. The molecule has 0 radical (unpaired) electrons. The smallest absolute Gasteiger partial charge is 0.255 e. The molecule has 0 aliphatic heterocycles. The van der Waals surface area contributed by atoms with Crippen LogP contribution in [0.15, 0.2) is 16.7 Å². The van der Waals surface area contributed by atoms with Gasteiger partial charge in [-0.05, 0) is 11.6 Å². The number of carbonyl (C=O) groups is 1. The zero-order chi connectivity index (χ0) is 7.56. The molecule has 0 saturated carbocycles. The molecule has 1 aromatic rings. The van der Waals surface area contributed by atoms with Gasteiger partial charge in [-0.3, -0.25) is 4.79 Å². The van der Waals surface area contributed by atoms with Gasteiger partial charge in [-0.25, -0.2) is 0 Å². The quantitative estimate of drug-likeness (QED) is 0.578. The fourth-order valence-electron chi connectivity index (χ4n) is 0.498. The third-order valence-electron chi connectivity index (χ3n) is 0.937. The topological polar surface area (TPSA) is 54.0 Å².